The van der Waals surface area contributed by atoms with Crippen LogP contribution in [0, 0.1) is 0 Å². The number of benzene rings is 1. The summed E-state index contributed by atoms with van der Waals surface area (Å²) in [7, 11) is 0. The topological polar surface area (TPSA) is 28.1 Å². The van der Waals surface area contributed by atoms with Gasteiger partial charge < -0.3 is 4.98 Å². The van der Waals surface area contributed by atoms with Gasteiger partial charge in [0.15, 0.2) is 0 Å². The fourth-order valence-corrected chi connectivity index (χ4v) is 3.18. The van der Waals surface area contributed by atoms with E-state index in [9.17, 15) is 0 Å². The highest BCUT2D eigenvalue weighted by atomic mass is 32.2. The fourth-order valence-electron chi connectivity index (χ4n) is 2.47. The van der Waals surface area contributed by atoms with Gasteiger partial charge in [0.25, 0.3) is 0 Å². The number of aliphatic imine (C=N–C) groups is 1. The molecule has 2 aromatic rings. The van der Waals surface area contributed by atoms with Crippen LogP contribution in [0.1, 0.15) is 11.3 Å². The minimum absolute atomic E-state index is 0.995. The summed E-state index contributed by atoms with van der Waals surface area (Å²) in [5.41, 5.74) is 4.86. The Balaban J connectivity index is 2.05. The molecule has 0 saturated carbocycles. The minimum Gasteiger partial charge on any atom is -0.353 e. The number of hydrogen-bond donors (Lipinski definition) is 1. The van der Waals surface area contributed by atoms with Crippen LogP contribution in [0.15, 0.2) is 51.8 Å². The van der Waals surface area contributed by atoms with Gasteiger partial charge in [-0.15, -0.1) is 0 Å². The van der Waals surface area contributed by atoms with E-state index < -0.39 is 0 Å². The highest BCUT2D eigenvalue weighted by Gasteiger charge is 2.23. The van der Waals surface area contributed by atoms with Crippen molar-refractivity contribution in [2.45, 2.75) is 6.42 Å². The molecular weight excluding hydrogens is 228 g/mol. The van der Waals surface area contributed by atoms with Gasteiger partial charge in [-0.3, -0.25) is 4.99 Å². The van der Waals surface area contributed by atoms with Gasteiger partial charge in [-0.05, 0) is 23.5 Å². The lowest BCUT2D eigenvalue weighted by Gasteiger charge is -2.16. The second-order valence-corrected chi connectivity index (χ2v) is 5.13. The number of aromatic nitrogens is 1. The molecule has 1 N–H and O–H groups in total. The zero-order chi connectivity index (χ0) is 11.2. The molecule has 0 radical (unpaired) electrons. The number of allylic oxidation sites excluding steroid dienone is 2. The number of thioether (sulfide) groups is 1. The average Bonchev–Trinajstić information content (AvgIpc) is 2.78. The SMILES string of the molecule is C1=CSC2=CCc3c([nH]c4ccccc34)C2=N1. The third-order valence-electron chi connectivity index (χ3n) is 3.23. The van der Waals surface area contributed by atoms with Gasteiger partial charge in [0.1, 0.15) is 5.71 Å². The van der Waals surface area contributed by atoms with E-state index in [-0.39, 0.29) is 0 Å². The first-order valence-electron chi connectivity index (χ1n) is 5.63. The largest absolute Gasteiger partial charge is 0.353 e. The summed E-state index contributed by atoms with van der Waals surface area (Å²) in [6.45, 7) is 0. The maximum absolute atomic E-state index is 4.50. The van der Waals surface area contributed by atoms with Crippen molar-refractivity contribution >= 4 is 28.4 Å². The van der Waals surface area contributed by atoms with Gasteiger partial charge in [-0.1, -0.05) is 36.0 Å². The third-order valence-corrected chi connectivity index (χ3v) is 4.11. The van der Waals surface area contributed by atoms with Crippen molar-refractivity contribution in [1.82, 2.24) is 4.98 Å². The Morgan fingerprint density at radius 1 is 1.24 bits per heavy atom. The van der Waals surface area contributed by atoms with Gasteiger partial charge in [0, 0.05) is 22.0 Å². The van der Waals surface area contributed by atoms with Gasteiger partial charge in [0.2, 0.25) is 0 Å². The number of aromatic amines is 1. The number of fused-ring (bicyclic) bond motifs is 5. The molecular formula is C14H10N2S. The summed E-state index contributed by atoms with van der Waals surface area (Å²) in [4.78, 5) is 9.27. The molecule has 4 rings (SSSR count). The summed E-state index contributed by atoms with van der Waals surface area (Å²) in [6.07, 6.45) is 5.14. The molecule has 0 amide bonds. The molecule has 17 heavy (non-hydrogen) atoms. The Hall–Kier alpha value is -1.74. The van der Waals surface area contributed by atoms with E-state index in [1.165, 1.54) is 27.1 Å². The first-order valence-corrected chi connectivity index (χ1v) is 6.51. The second-order valence-electron chi connectivity index (χ2n) is 4.18. The summed E-state index contributed by atoms with van der Waals surface area (Å²) < 4.78 is 0. The van der Waals surface area contributed by atoms with Crippen LogP contribution in [-0.4, -0.2) is 10.7 Å². The van der Waals surface area contributed by atoms with Crippen molar-refractivity contribution in [3.63, 3.8) is 0 Å². The van der Waals surface area contributed by atoms with Crippen molar-refractivity contribution in [2.75, 3.05) is 0 Å². The molecule has 0 fully saturated rings. The monoisotopic (exact) mass is 238 g/mol. The smallest absolute Gasteiger partial charge is 0.100 e. The Bertz CT molecular complexity index is 704. The van der Waals surface area contributed by atoms with Crippen molar-refractivity contribution in [3.05, 3.63) is 58.1 Å². The molecule has 0 bridgehead atoms. The maximum atomic E-state index is 4.50. The number of nitrogens with zero attached hydrogens (tertiary/aromatic N) is 1. The Kier molecular flexibility index (Phi) is 1.85. The molecule has 82 valence electrons. The number of nitrogens with one attached hydrogen (secondary N) is 1. The number of H-pyrrole nitrogens is 1. The lowest BCUT2D eigenvalue weighted by Crippen LogP contribution is -2.11. The van der Waals surface area contributed by atoms with E-state index in [4.69, 9.17) is 0 Å². The summed E-state index contributed by atoms with van der Waals surface area (Å²) >= 11 is 1.75. The van der Waals surface area contributed by atoms with Gasteiger partial charge >= 0.3 is 0 Å². The van der Waals surface area contributed by atoms with Crippen LogP contribution in [0.2, 0.25) is 0 Å². The summed E-state index contributed by atoms with van der Waals surface area (Å²) in [5, 5.41) is 3.35. The summed E-state index contributed by atoms with van der Waals surface area (Å²) in [5.74, 6) is 0. The van der Waals surface area contributed by atoms with Crippen LogP contribution < -0.4 is 0 Å². The van der Waals surface area contributed by atoms with Crippen molar-refractivity contribution in [3.8, 4) is 0 Å². The molecule has 2 nitrogen and oxygen atoms in total. The van der Waals surface area contributed by atoms with Crippen LogP contribution in [0.4, 0.5) is 0 Å². The van der Waals surface area contributed by atoms with E-state index >= 15 is 0 Å². The molecule has 1 aliphatic carbocycles. The lowest BCUT2D eigenvalue weighted by molar-refractivity contribution is 1.23. The quantitative estimate of drug-likeness (QED) is 0.746. The van der Waals surface area contributed by atoms with E-state index in [2.05, 4.69) is 40.3 Å². The first-order chi connectivity index (χ1) is 8.43. The first kappa shape index (κ1) is 9.31. The number of hydrogen-bond acceptors (Lipinski definition) is 2. The predicted octanol–water partition coefficient (Wildman–Crippen LogP) is 3.62. The second kappa shape index (κ2) is 3.37. The number of rotatable bonds is 0. The Morgan fingerprint density at radius 3 is 3.18 bits per heavy atom. The minimum atomic E-state index is 0.995. The van der Waals surface area contributed by atoms with Crippen LogP contribution >= 0.6 is 11.8 Å². The van der Waals surface area contributed by atoms with Gasteiger partial charge in [-0.25, -0.2) is 0 Å². The highest BCUT2D eigenvalue weighted by molar-refractivity contribution is 8.06. The van der Waals surface area contributed by atoms with E-state index in [1.54, 1.807) is 11.8 Å². The third kappa shape index (κ3) is 1.26. The predicted molar refractivity (Wildman–Crippen MR) is 73.4 cm³/mol. The van der Waals surface area contributed by atoms with E-state index in [0.29, 0.717) is 0 Å². The zero-order valence-electron chi connectivity index (χ0n) is 9.10. The molecule has 0 spiro atoms. The van der Waals surface area contributed by atoms with Gasteiger partial charge in [0.05, 0.1) is 5.69 Å². The Labute approximate surface area is 103 Å². The maximum Gasteiger partial charge on any atom is 0.100 e. The Morgan fingerprint density at radius 2 is 2.18 bits per heavy atom. The standard InChI is InChI=1S/C14H10N2S/c1-2-4-11-9(3-1)10-5-6-12-14(13(10)16-11)15-7-8-17-12/h1-4,6-8,16H,5H2. The zero-order valence-corrected chi connectivity index (χ0v) is 9.92. The van der Waals surface area contributed by atoms with E-state index in [0.717, 1.165) is 12.1 Å². The molecule has 1 aromatic heterocycles. The molecule has 1 aromatic carbocycles. The molecule has 2 heterocycles. The van der Waals surface area contributed by atoms with Crippen molar-refractivity contribution < 1.29 is 0 Å². The van der Waals surface area contributed by atoms with Crippen molar-refractivity contribution in [2.24, 2.45) is 4.99 Å². The lowest BCUT2D eigenvalue weighted by atomic mass is 9.99. The van der Waals surface area contributed by atoms with Crippen LogP contribution in [0.25, 0.3) is 10.9 Å². The summed E-state index contributed by atoms with van der Waals surface area (Å²) in [6, 6.07) is 8.46. The molecule has 3 heteroatoms. The van der Waals surface area contributed by atoms with Crippen LogP contribution in [0.5, 0.6) is 0 Å². The van der Waals surface area contributed by atoms with Crippen LogP contribution in [-0.2, 0) is 6.42 Å². The fraction of sp³-hybridized carbons (Fsp3) is 0.0714. The van der Waals surface area contributed by atoms with Crippen LogP contribution in [0.3, 0.4) is 0 Å². The van der Waals surface area contributed by atoms with Crippen molar-refractivity contribution in [1.29, 1.82) is 0 Å². The van der Waals surface area contributed by atoms with Gasteiger partial charge in [-0.2, -0.15) is 0 Å². The molecule has 1 aliphatic heterocycles. The van der Waals surface area contributed by atoms with E-state index in [1.807, 2.05) is 11.6 Å². The molecule has 0 unspecified atom stereocenters. The molecule has 0 atom stereocenters. The molecule has 2 aliphatic rings. The number of para-hydroxylation sites is 1. The highest BCUT2D eigenvalue weighted by Crippen LogP contribution is 2.35. The average molecular weight is 238 g/mol. The normalized spacial score (nSPS) is 17.4. The molecule has 0 saturated heterocycles.